The van der Waals surface area contributed by atoms with Crippen LogP contribution in [0.3, 0.4) is 0 Å². The fraction of sp³-hybridized carbons (Fsp3) is 0.267. The summed E-state index contributed by atoms with van der Waals surface area (Å²) in [6, 6.07) is 4.82. The van der Waals surface area contributed by atoms with Crippen molar-refractivity contribution in [3.05, 3.63) is 47.2 Å². The second-order valence-electron chi connectivity index (χ2n) is 4.52. The van der Waals surface area contributed by atoms with E-state index in [0.29, 0.717) is 16.8 Å². The fourth-order valence-electron chi connectivity index (χ4n) is 2.07. The number of aromatic amines is 1. The molecule has 0 unspecified atom stereocenters. The van der Waals surface area contributed by atoms with Crippen LogP contribution in [0.5, 0.6) is 0 Å². The fourth-order valence-corrected chi connectivity index (χ4v) is 2.07. The van der Waals surface area contributed by atoms with Crippen LogP contribution < -0.4 is 0 Å². The van der Waals surface area contributed by atoms with Crippen molar-refractivity contribution < 1.29 is 22.7 Å². The highest BCUT2D eigenvalue weighted by Gasteiger charge is 2.31. The van der Waals surface area contributed by atoms with Gasteiger partial charge in [-0.15, -0.1) is 0 Å². The largest absolute Gasteiger partial charge is 0.462 e. The summed E-state index contributed by atoms with van der Waals surface area (Å²) in [7, 11) is 0. The number of aryl methyl sites for hydroxylation is 1. The summed E-state index contributed by atoms with van der Waals surface area (Å²) in [5.74, 6) is -0.552. The zero-order valence-electron chi connectivity index (χ0n) is 11.5. The van der Waals surface area contributed by atoms with E-state index in [0.717, 1.165) is 12.1 Å². The lowest BCUT2D eigenvalue weighted by atomic mass is 10.0. The summed E-state index contributed by atoms with van der Waals surface area (Å²) in [6.07, 6.45) is -2.86. The summed E-state index contributed by atoms with van der Waals surface area (Å²) in [5, 5.41) is 0. The zero-order valence-corrected chi connectivity index (χ0v) is 11.5. The number of rotatable bonds is 3. The number of esters is 1. The van der Waals surface area contributed by atoms with E-state index in [1.165, 1.54) is 12.1 Å². The first-order valence-corrected chi connectivity index (χ1v) is 6.37. The highest BCUT2D eigenvalue weighted by Crippen LogP contribution is 2.33. The SMILES string of the molecule is CCOC(=O)c1c(C)c[nH]c1-c1cccc(C(F)(F)F)c1. The summed E-state index contributed by atoms with van der Waals surface area (Å²) < 4.78 is 43.2. The molecule has 0 saturated carbocycles. The average molecular weight is 297 g/mol. The van der Waals surface area contributed by atoms with E-state index in [-0.39, 0.29) is 12.2 Å². The highest BCUT2D eigenvalue weighted by atomic mass is 19.4. The van der Waals surface area contributed by atoms with E-state index in [1.807, 2.05) is 0 Å². The molecular weight excluding hydrogens is 283 g/mol. The van der Waals surface area contributed by atoms with Crippen molar-refractivity contribution in [1.82, 2.24) is 4.98 Å². The monoisotopic (exact) mass is 297 g/mol. The molecule has 0 aliphatic carbocycles. The molecule has 0 spiro atoms. The van der Waals surface area contributed by atoms with Gasteiger partial charge in [-0.2, -0.15) is 13.2 Å². The lowest BCUT2D eigenvalue weighted by Gasteiger charge is -2.09. The van der Waals surface area contributed by atoms with Crippen LogP contribution in [0.25, 0.3) is 11.3 Å². The Hall–Kier alpha value is -2.24. The topological polar surface area (TPSA) is 42.1 Å². The quantitative estimate of drug-likeness (QED) is 0.863. The number of halogens is 3. The molecule has 2 aromatic rings. The average Bonchev–Trinajstić information content (AvgIpc) is 2.80. The van der Waals surface area contributed by atoms with E-state index in [1.54, 1.807) is 20.0 Å². The molecule has 0 fully saturated rings. The minimum Gasteiger partial charge on any atom is -0.462 e. The van der Waals surface area contributed by atoms with Crippen LogP contribution >= 0.6 is 0 Å². The Bertz CT molecular complexity index is 659. The van der Waals surface area contributed by atoms with Crippen LogP contribution in [0.1, 0.15) is 28.4 Å². The molecule has 0 bridgehead atoms. The Kier molecular flexibility index (Phi) is 4.06. The Balaban J connectivity index is 2.51. The Morgan fingerprint density at radius 3 is 2.67 bits per heavy atom. The van der Waals surface area contributed by atoms with Crippen LogP contribution in [0, 0.1) is 6.92 Å². The van der Waals surface area contributed by atoms with Gasteiger partial charge in [-0.1, -0.05) is 12.1 Å². The van der Waals surface area contributed by atoms with Gasteiger partial charge in [0, 0.05) is 6.20 Å². The first-order chi connectivity index (χ1) is 9.84. The number of hydrogen-bond acceptors (Lipinski definition) is 2. The number of H-pyrrole nitrogens is 1. The molecule has 0 saturated heterocycles. The molecule has 0 aliphatic heterocycles. The van der Waals surface area contributed by atoms with Gasteiger partial charge in [-0.25, -0.2) is 4.79 Å². The molecular formula is C15H14F3NO2. The Morgan fingerprint density at radius 1 is 1.33 bits per heavy atom. The van der Waals surface area contributed by atoms with Gasteiger partial charge in [0.1, 0.15) is 0 Å². The van der Waals surface area contributed by atoms with Crippen LogP contribution in [0.2, 0.25) is 0 Å². The molecule has 112 valence electrons. The van der Waals surface area contributed by atoms with Crippen molar-refractivity contribution in [3.63, 3.8) is 0 Å². The molecule has 0 radical (unpaired) electrons. The van der Waals surface area contributed by atoms with Crippen molar-refractivity contribution in [3.8, 4) is 11.3 Å². The summed E-state index contributed by atoms with van der Waals surface area (Å²) in [4.78, 5) is 14.8. The van der Waals surface area contributed by atoms with Crippen molar-refractivity contribution in [2.75, 3.05) is 6.61 Å². The van der Waals surface area contributed by atoms with E-state index < -0.39 is 17.7 Å². The number of hydrogen-bond donors (Lipinski definition) is 1. The van der Waals surface area contributed by atoms with Crippen molar-refractivity contribution in [2.24, 2.45) is 0 Å². The normalized spacial score (nSPS) is 11.5. The number of aromatic nitrogens is 1. The van der Waals surface area contributed by atoms with E-state index in [4.69, 9.17) is 4.74 Å². The maximum Gasteiger partial charge on any atom is 0.416 e. The van der Waals surface area contributed by atoms with Gasteiger partial charge in [0.05, 0.1) is 23.4 Å². The van der Waals surface area contributed by atoms with Crippen LogP contribution in [0.4, 0.5) is 13.2 Å². The van der Waals surface area contributed by atoms with Gasteiger partial charge in [0.25, 0.3) is 0 Å². The first-order valence-electron chi connectivity index (χ1n) is 6.37. The molecule has 1 N–H and O–H groups in total. The standard InChI is InChI=1S/C15H14F3NO2/c1-3-21-14(20)12-9(2)8-19-13(12)10-5-4-6-11(7-10)15(16,17)18/h4-8,19H,3H2,1-2H3. The highest BCUT2D eigenvalue weighted by molar-refractivity contribution is 5.98. The molecule has 0 aliphatic rings. The molecule has 1 aromatic carbocycles. The van der Waals surface area contributed by atoms with Gasteiger partial charge in [0.15, 0.2) is 0 Å². The Morgan fingerprint density at radius 2 is 2.05 bits per heavy atom. The lowest BCUT2D eigenvalue weighted by molar-refractivity contribution is -0.137. The van der Waals surface area contributed by atoms with E-state index in [2.05, 4.69) is 4.98 Å². The molecule has 6 heteroatoms. The lowest BCUT2D eigenvalue weighted by Crippen LogP contribution is -2.07. The summed E-state index contributed by atoms with van der Waals surface area (Å²) >= 11 is 0. The van der Waals surface area contributed by atoms with Gasteiger partial charge < -0.3 is 9.72 Å². The second-order valence-corrected chi connectivity index (χ2v) is 4.52. The molecule has 1 heterocycles. The maximum absolute atomic E-state index is 12.8. The van der Waals surface area contributed by atoms with Crippen molar-refractivity contribution in [2.45, 2.75) is 20.0 Å². The van der Waals surface area contributed by atoms with Gasteiger partial charge in [-0.3, -0.25) is 0 Å². The maximum atomic E-state index is 12.8. The number of carbonyl (C=O) groups excluding carboxylic acids is 1. The predicted octanol–water partition coefficient (Wildman–Crippen LogP) is 4.19. The first kappa shape index (κ1) is 15.2. The third kappa shape index (κ3) is 3.09. The third-order valence-corrected chi connectivity index (χ3v) is 3.04. The van der Waals surface area contributed by atoms with Crippen LogP contribution in [0.15, 0.2) is 30.5 Å². The van der Waals surface area contributed by atoms with Crippen molar-refractivity contribution in [1.29, 1.82) is 0 Å². The summed E-state index contributed by atoms with van der Waals surface area (Å²) in [6.45, 7) is 3.56. The van der Waals surface area contributed by atoms with Gasteiger partial charge in [0.2, 0.25) is 0 Å². The van der Waals surface area contributed by atoms with Crippen LogP contribution in [-0.4, -0.2) is 17.6 Å². The molecule has 0 amide bonds. The Labute approximate surface area is 119 Å². The number of carbonyl (C=O) groups is 1. The smallest absolute Gasteiger partial charge is 0.416 e. The minimum atomic E-state index is -4.43. The van der Waals surface area contributed by atoms with Crippen LogP contribution in [-0.2, 0) is 10.9 Å². The molecule has 21 heavy (non-hydrogen) atoms. The van der Waals surface area contributed by atoms with Gasteiger partial charge >= 0.3 is 12.1 Å². The summed E-state index contributed by atoms with van der Waals surface area (Å²) in [5.41, 5.74) is 0.747. The molecule has 1 aromatic heterocycles. The molecule has 0 atom stereocenters. The molecule has 2 rings (SSSR count). The van der Waals surface area contributed by atoms with E-state index >= 15 is 0 Å². The number of nitrogens with one attached hydrogen (secondary N) is 1. The van der Waals surface area contributed by atoms with E-state index in [9.17, 15) is 18.0 Å². The number of alkyl halides is 3. The number of ether oxygens (including phenoxy) is 1. The van der Waals surface area contributed by atoms with Crippen molar-refractivity contribution >= 4 is 5.97 Å². The zero-order chi connectivity index (χ0) is 15.6. The number of benzene rings is 1. The second kappa shape index (κ2) is 5.63. The predicted molar refractivity (Wildman–Crippen MR) is 71.9 cm³/mol. The van der Waals surface area contributed by atoms with Gasteiger partial charge in [-0.05, 0) is 37.1 Å². The third-order valence-electron chi connectivity index (χ3n) is 3.04. The molecule has 3 nitrogen and oxygen atoms in total. The minimum absolute atomic E-state index is 0.200.